The number of carbonyl (C=O) groups is 2. The molecule has 0 spiro atoms. The van der Waals surface area contributed by atoms with Crippen molar-refractivity contribution in [2.75, 3.05) is 6.54 Å². The van der Waals surface area contributed by atoms with E-state index in [-0.39, 0.29) is 17.9 Å². The van der Waals surface area contributed by atoms with Crippen molar-refractivity contribution in [3.8, 4) is 0 Å². The topological polar surface area (TPSA) is 58.2 Å². The Morgan fingerprint density at radius 1 is 1.59 bits per heavy atom. The summed E-state index contributed by atoms with van der Waals surface area (Å²) in [6.07, 6.45) is 2.58. The van der Waals surface area contributed by atoms with Crippen LogP contribution in [0.25, 0.3) is 0 Å². The summed E-state index contributed by atoms with van der Waals surface area (Å²) < 4.78 is 0. The average molecular weight is 252 g/mol. The molecule has 1 aliphatic heterocycles. The molecule has 0 unspecified atom stereocenters. The first-order valence-corrected chi connectivity index (χ1v) is 6.69. The predicted octanol–water partition coefficient (Wildman–Crippen LogP) is 1.32. The minimum absolute atomic E-state index is 0.0723. The third-order valence-electron chi connectivity index (χ3n) is 2.82. The smallest absolute Gasteiger partial charge is 0.262 e. The number of hydrogen-bond acceptors (Lipinski definition) is 3. The fourth-order valence-corrected chi connectivity index (χ4v) is 2.68. The molecule has 1 saturated heterocycles. The molecule has 0 aliphatic carbocycles. The fraction of sp³-hybridized carbons (Fsp3) is 0.500. The van der Waals surface area contributed by atoms with Gasteiger partial charge in [0, 0.05) is 11.4 Å². The van der Waals surface area contributed by atoms with Crippen molar-refractivity contribution in [2.24, 2.45) is 0 Å². The zero-order valence-corrected chi connectivity index (χ0v) is 10.6. The van der Waals surface area contributed by atoms with Gasteiger partial charge >= 0.3 is 0 Å². The van der Waals surface area contributed by atoms with E-state index in [2.05, 4.69) is 17.6 Å². The molecular formula is C12H16N2O2S. The molecule has 1 aliphatic rings. The van der Waals surface area contributed by atoms with Crippen LogP contribution in [0, 0.1) is 0 Å². The lowest BCUT2D eigenvalue weighted by Crippen LogP contribution is -2.50. The molecule has 2 rings (SSSR count). The zero-order chi connectivity index (χ0) is 12.3. The average Bonchev–Trinajstić information content (AvgIpc) is 2.81. The normalized spacial score (nSPS) is 19.8. The summed E-state index contributed by atoms with van der Waals surface area (Å²) in [5.74, 6) is -0.214. The maximum Gasteiger partial charge on any atom is 0.262 e. The first kappa shape index (κ1) is 12.1. The Balaban J connectivity index is 1.98. The van der Waals surface area contributed by atoms with E-state index in [1.807, 2.05) is 12.1 Å². The number of amides is 2. The Hall–Kier alpha value is -1.36. The van der Waals surface area contributed by atoms with Gasteiger partial charge in [0.05, 0.1) is 4.88 Å². The van der Waals surface area contributed by atoms with E-state index in [1.165, 1.54) is 16.2 Å². The Bertz CT molecular complexity index is 428. The van der Waals surface area contributed by atoms with Crippen molar-refractivity contribution in [1.29, 1.82) is 0 Å². The van der Waals surface area contributed by atoms with Crippen LogP contribution >= 0.6 is 11.3 Å². The molecule has 4 nitrogen and oxygen atoms in total. The quantitative estimate of drug-likeness (QED) is 0.852. The molecular weight excluding hydrogens is 236 g/mol. The van der Waals surface area contributed by atoms with Crippen molar-refractivity contribution in [1.82, 2.24) is 10.6 Å². The van der Waals surface area contributed by atoms with Crippen molar-refractivity contribution < 1.29 is 9.59 Å². The number of piperidine rings is 1. The van der Waals surface area contributed by atoms with Gasteiger partial charge in [-0.25, -0.2) is 0 Å². The number of rotatable bonds is 3. The van der Waals surface area contributed by atoms with Crippen molar-refractivity contribution in [2.45, 2.75) is 32.2 Å². The van der Waals surface area contributed by atoms with Crippen molar-refractivity contribution in [3.05, 3.63) is 21.9 Å². The standard InChI is InChI=1S/C12H16N2O2S/c1-2-8-5-6-10(17-8)12(16)14-9-4-3-7-13-11(9)15/h5-6,9H,2-4,7H2,1H3,(H,13,15)(H,14,16)/t9-/m1/s1. The minimum atomic E-state index is -0.372. The molecule has 0 aromatic carbocycles. The number of hydrogen-bond donors (Lipinski definition) is 2. The second kappa shape index (κ2) is 5.31. The van der Waals surface area contributed by atoms with Crippen molar-refractivity contribution in [3.63, 3.8) is 0 Å². The molecule has 1 fully saturated rings. The molecule has 1 aromatic heterocycles. The van der Waals surface area contributed by atoms with Gasteiger partial charge in [-0.15, -0.1) is 11.3 Å². The lowest BCUT2D eigenvalue weighted by atomic mass is 10.1. The van der Waals surface area contributed by atoms with Gasteiger partial charge in [0.15, 0.2) is 0 Å². The van der Waals surface area contributed by atoms with E-state index >= 15 is 0 Å². The van der Waals surface area contributed by atoms with Crippen molar-refractivity contribution >= 4 is 23.2 Å². The predicted molar refractivity (Wildman–Crippen MR) is 67.2 cm³/mol. The van der Waals surface area contributed by atoms with Crippen LogP contribution in [0.2, 0.25) is 0 Å². The maximum atomic E-state index is 11.9. The molecule has 17 heavy (non-hydrogen) atoms. The van der Waals surface area contributed by atoms with Gasteiger partial charge in [0.1, 0.15) is 6.04 Å². The lowest BCUT2D eigenvalue weighted by Gasteiger charge is -2.22. The summed E-state index contributed by atoms with van der Waals surface area (Å²) in [6.45, 7) is 2.77. The highest BCUT2D eigenvalue weighted by Crippen LogP contribution is 2.17. The summed E-state index contributed by atoms with van der Waals surface area (Å²) in [5.41, 5.74) is 0. The summed E-state index contributed by atoms with van der Waals surface area (Å²) in [4.78, 5) is 25.3. The minimum Gasteiger partial charge on any atom is -0.354 e. The van der Waals surface area contributed by atoms with Gasteiger partial charge in [0.2, 0.25) is 5.91 Å². The fourth-order valence-electron chi connectivity index (χ4n) is 1.83. The summed E-state index contributed by atoms with van der Waals surface area (Å²) in [6, 6.07) is 3.41. The van der Waals surface area contributed by atoms with Gasteiger partial charge in [-0.05, 0) is 31.4 Å². The van der Waals surface area contributed by atoms with E-state index in [9.17, 15) is 9.59 Å². The summed E-state index contributed by atoms with van der Waals surface area (Å²) in [7, 11) is 0. The van der Waals surface area contributed by atoms with Gasteiger partial charge in [0.25, 0.3) is 5.91 Å². The number of carbonyl (C=O) groups excluding carboxylic acids is 2. The number of aryl methyl sites for hydroxylation is 1. The van der Waals surface area contributed by atoms with E-state index in [0.717, 1.165) is 19.3 Å². The van der Waals surface area contributed by atoms with Gasteiger partial charge < -0.3 is 10.6 Å². The largest absolute Gasteiger partial charge is 0.354 e. The molecule has 5 heteroatoms. The van der Waals surface area contributed by atoms with Crippen LogP contribution < -0.4 is 10.6 Å². The highest BCUT2D eigenvalue weighted by Gasteiger charge is 2.24. The Morgan fingerprint density at radius 3 is 3.06 bits per heavy atom. The third kappa shape index (κ3) is 2.85. The molecule has 2 N–H and O–H groups in total. The molecule has 1 atom stereocenters. The molecule has 0 saturated carbocycles. The number of nitrogens with one attached hydrogen (secondary N) is 2. The van der Waals surface area contributed by atoms with Crippen LogP contribution in [0.3, 0.4) is 0 Å². The Morgan fingerprint density at radius 2 is 2.41 bits per heavy atom. The van der Waals surface area contributed by atoms with Crippen LogP contribution in [-0.2, 0) is 11.2 Å². The zero-order valence-electron chi connectivity index (χ0n) is 9.79. The molecule has 92 valence electrons. The van der Waals surface area contributed by atoms with Gasteiger partial charge in [-0.1, -0.05) is 6.92 Å². The van der Waals surface area contributed by atoms with E-state index in [4.69, 9.17) is 0 Å². The highest BCUT2D eigenvalue weighted by molar-refractivity contribution is 7.14. The first-order chi connectivity index (χ1) is 8.20. The number of thiophene rings is 1. The molecule has 2 heterocycles. The van der Waals surface area contributed by atoms with Gasteiger partial charge in [-0.2, -0.15) is 0 Å². The van der Waals surface area contributed by atoms with Crippen LogP contribution in [0.5, 0.6) is 0 Å². The third-order valence-corrected chi connectivity index (χ3v) is 4.05. The van der Waals surface area contributed by atoms with Crippen LogP contribution in [0.1, 0.15) is 34.3 Å². The van der Waals surface area contributed by atoms with Crippen LogP contribution in [0.4, 0.5) is 0 Å². The molecule has 2 amide bonds. The monoisotopic (exact) mass is 252 g/mol. The Kier molecular flexibility index (Phi) is 3.78. The molecule has 1 aromatic rings. The van der Waals surface area contributed by atoms with Gasteiger partial charge in [-0.3, -0.25) is 9.59 Å². The highest BCUT2D eigenvalue weighted by atomic mass is 32.1. The molecule has 0 radical (unpaired) electrons. The SMILES string of the molecule is CCc1ccc(C(=O)N[C@@H]2CCCNC2=O)s1. The van der Waals surface area contributed by atoms with E-state index in [1.54, 1.807) is 0 Å². The first-order valence-electron chi connectivity index (χ1n) is 5.88. The summed E-state index contributed by atoms with van der Waals surface area (Å²) in [5, 5.41) is 5.54. The van der Waals surface area contributed by atoms with Crippen LogP contribution in [-0.4, -0.2) is 24.4 Å². The summed E-state index contributed by atoms with van der Waals surface area (Å²) >= 11 is 1.49. The van der Waals surface area contributed by atoms with Crippen LogP contribution in [0.15, 0.2) is 12.1 Å². The lowest BCUT2D eigenvalue weighted by molar-refractivity contribution is -0.124. The van der Waals surface area contributed by atoms with E-state index < -0.39 is 0 Å². The second-order valence-corrected chi connectivity index (χ2v) is 5.25. The molecule has 0 bridgehead atoms. The Labute approximate surface area is 104 Å². The second-order valence-electron chi connectivity index (χ2n) is 4.08. The van der Waals surface area contributed by atoms with E-state index in [0.29, 0.717) is 11.4 Å². The maximum absolute atomic E-state index is 11.9.